The van der Waals surface area contributed by atoms with Crippen LogP contribution in [0.3, 0.4) is 0 Å². The van der Waals surface area contributed by atoms with Crippen LogP contribution in [-0.4, -0.2) is 41.2 Å². The first-order chi connectivity index (χ1) is 13.0. The van der Waals surface area contributed by atoms with Crippen LogP contribution in [0.2, 0.25) is 0 Å². The van der Waals surface area contributed by atoms with E-state index < -0.39 is 11.6 Å². The third-order valence-electron chi connectivity index (χ3n) is 5.37. The Morgan fingerprint density at radius 1 is 1.30 bits per heavy atom. The number of benzene rings is 1. The number of nitrogens with zero attached hydrogens (tertiary/aromatic N) is 2. The molecule has 140 valence electrons. The van der Waals surface area contributed by atoms with Crippen molar-refractivity contribution in [3.8, 4) is 0 Å². The second-order valence-corrected chi connectivity index (χ2v) is 7.90. The van der Waals surface area contributed by atoms with E-state index in [1.54, 1.807) is 23.3 Å². The number of rotatable bonds is 4. The normalized spacial score (nSPS) is 21.3. The van der Waals surface area contributed by atoms with Gasteiger partial charge in [-0.25, -0.2) is 4.79 Å². The Bertz CT molecular complexity index is 896. The molecule has 1 saturated heterocycles. The number of nitrogens with one attached hydrogen (secondary N) is 1. The SMILES string of the molecule is CN(Cc1ccsc1)C(=O)CN1C(=O)N[C@]2(CCCc3ccccc32)C1=O. The van der Waals surface area contributed by atoms with Crippen LogP contribution in [0.5, 0.6) is 0 Å². The predicted octanol–water partition coefficient (Wildman–Crippen LogP) is 2.49. The lowest BCUT2D eigenvalue weighted by Gasteiger charge is -2.33. The van der Waals surface area contributed by atoms with Crippen LogP contribution in [0.15, 0.2) is 41.1 Å². The molecule has 2 aromatic rings. The number of fused-ring (bicyclic) bond motifs is 2. The molecule has 1 aliphatic carbocycles. The van der Waals surface area contributed by atoms with Crippen LogP contribution in [0.1, 0.15) is 29.5 Å². The lowest BCUT2D eigenvalue weighted by atomic mass is 9.76. The van der Waals surface area contributed by atoms with Crippen molar-refractivity contribution in [1.82, 2.24) is 15.1 Å². The van der Waals surface area contributed by atoms with Gasteiger partial charge < -0.3 is 10.2 Å². The molecule has 0 bridgehead atoms. The first-order valence-electron chi connectivity index (χ1n) is 8.99. The molecular formula is C20H21N3O3S. The summed E-state index contributed by atoms with van der Waals surface area (Å²) >= 11 is 1.57. The van der Waals surface area contributed by atoms with Gasteiger partial charge in [-0.05, 0) is 52.8 Å². The van der Waals surface area contributed by atoms with Crippen molar-refractivity contribution in [1.29, 1.82) is 0 Å². The fraction of sp³-hybridized carbons (Fsp3) is 0.350. The lowest BCUT2D eigenvalue weighted by Crippen LogP contribution is -2.47. The second-order valence-electron chi connectivity index (χ2n) is 7.12. The maximum absolute atomic E-state index is 13.2. The van der Waals surface area contributed by atoms with Crippen LogP contribution < -0.4 is 5.32 Å². The minimum absolute atomic E-state index is 0.241. The summed E-state index contributed by atoms with van der Waals surface area (Å²) < 4.78 is 0. The molecule has 1 spiro atoms. The summed E-state index contributed by atoms with van der Waals surface area (Å²) in [6.45, 7) is 0.217. The Labute approximate surface area is 161 Å². The zero-order valence-corrected chi connectivity index (χ0v) is 15.9. The molecule has 1 aliphatic heterocycles. The largest absolute Gasteiger partial charge is 0.340 e. The monoisotopic (exact) mass is 383 g/mol. The van der Waals surface area contributed by atoms with Crippen molar-refractivity contribution < 1.29 is 14.4 Å². The molecule has 4 amide bonds. The fourth-order valence-electron chi connectivity index (χ4n) is 3.96. The molecule has 1 aromatic heterocycles. The number of hydrogen-bond donors (Lipinski definition) is 1. The van der Waals surface area contributed by atoms with Crippen LogP contribution in [0.25, 0.3) is 0 Å². The zero-order chi connectivity index (χ0) is 19.0. The molecule has 0 radical (unpaired) electrons. The van der Waals surface area contributed by atoms with E-state index in [0.29, 0.717) is 13.0 Å². The molecule has 4 rings (SSSR count). The van der Waals surface area contributed by atoms with E-state index in [9.17, 15) is 14.4 Å². The van der Waals surface area contributed by atoms with E-state index in [1.165, 1.54) is 0 Å². The predicted molar refractivity (Wildman–Crippen MR) is 102 cm³/mol. The Hall–Kier alpha value is -2.67. The highest BCUT2D eigenvalue weighted by atomic mass is 32.1. The number of thiophene rings is 1. The minimum Gasteiger partial charge on any atom is -0.340 e. The third kappa shape index (κ3) is 3.02. The van der Waals surface area contributed by atoms with Crippen molar-refractivity contribution >= 4 is 29.2 Å². The third-order valence-corrected chi connectivity index (χ3v) is 6.10. The van der Waals surface area contributed by atoms with Crippen molar-refractivity contribution in [2.75, 3.05) is 13.6 Å². The van der Waals surface area contributed by atoms with E-state index >= 15 is 0 Å². The molecule has 1 aromatic carbocycles. The van der Waals surface area contributed by atoms with Gasteiger partial charge in [-0.15, -0.1) is 0 Å². The molecular weight excluding hydrogens is 362 g/mol. The highest BCUT2D eigenvalue weighted by molar-refractivity contribution is 7.07. The summed E-state index contributed by atoms with van der Waals surface area (Å²) in [4.78, 5) is 41.0. The number of likely N-dealkylation sites (N-methyl/N-ethyl adjacent to an activating group) is 1. The first-order valence-corrected chi connectivity index (χ1v) is 9.93. The summed E-state index contributed by atoms with van der Waals surface area (Å²) in [6, 6.07) is 9.19. The first kappa shape index (κ1) is 17.7. The average molecular weight is 383 g/mol. The average Bonchev–Trinajstić information content (AvgIpc) is 3.25. The van der Waals surface area contributed by atoms with E-state index in [4.69, 9.17) is 0 Å². The van der Waals surface area contributed by atoms with E-state index in [0.717, 1.165) is 34.4 Å². The number of urea groups is 1. The Morgan fingerprint density at radius 2 is 2.11 bits per heavy atom. The van der Waals surface area contributed by atoms with E-state index in [2.05, 4.69) is 5.32 Å². The number of imide groups is 1. The Balaban J connectivity index is 1.53. The quantitative estimate of drug-likeness (QED) is 0.825. The maximum atomic E-state index is 13.2. The second kappa shape index (κ2) is 6.81. The minimum atomic E-state index is -1.03. The van der Waals surface area contributed by atoms with E-state index in [-0.39, 0.29) is 18.4 Å². The Kier molecular flexibility index (Phi) is 4.47. The highest BCUT2D eigenvalue weighted by Crippen LogP contribution is 2.39. The summed E-state index contributed by atoms with van der Waals surface area (Å²) in [5, 5.41) is 6.81. The molecule has 6 nitrogen and oxygen atoms in total. The molecule has 0 unspecified atom stereocenters. The number of carbonyl (C=O) groups excluding carboxylic acids is 3. The van der Waals surface area contributed by atoms with Gasteiger partial charge in [0.05, 0.1) is 0 Å². The zero-order valence-electron chi connectivity index (χ0n) is 15.1. The standard InChI is InChI=1S/C20H21N3O3S/c1-22(11-14-8-10-27-13-14)17(24)12-23-18(25)20(21-19(23)26)9-4-6-15-5-2-3-7-16(15)20/h2-3,5,7-8,10,13H,4,6,9,11-12H2,1H3,(H,21,26)/t20-/m0/s1. The molecule has 1 fully saturated rings. The van der Waals surface area contributed by atoms with Crippen molar-refractivity contribution in [3.63, 3.8) is 0 Å². The number of hydrogen-bond acceptors (Lipinski definition) is 4. The van der Waals surface area contributed by atoms with Gasteiger partial charge in [0, 0.05) is 13.6 Å². The van der Waals surface area contributed by atoms with Crippen molar-refractivity contribution in [2.45, 2.75) is 31.3 Å². The van der Waals surface area contributed by atoms with Crippen LogP contribution in [-0.2, 0) is 28.1 Å². The van der Waals surface area contributed by atoms with Crippen LogP contribution in [0, 0.1) is 0 Å². The van der Waals surface area contributed by atoms with Gasteiger partial charge in [0.25, 0.3) is 5.91 Å². The topological polar surface area (TPSA) is 69.7 Å². The van der Waals surface area contributed by atoms with Gasteiger partial charge >= 0.3 is 6.03 Å². The number of aryl methyl sites for hydroxylation is 1. The molecule has 2 heterocycles. The summed E-state index contributed by atoms with van der Waals surface area (Å²) in [7, 11) is 1.68. The molecule has 27 heavy (non-hydrogen) atoms. The van der Waals surface area contributed by atoms with Crippen LogP contribution >= 0.6 is 11.3 Å². The molecule has 0 saturated carbocycles. The van der Waals surface area contributed by atoms with Gasteiger partial charge in [0.2, 0.25) is 5.91 Å². The maximum Gasteiger partial charge on any atom is 0.325 e. The molecule has 1 N–H and O–H groups in total. The highest BCUT2D eigenvalue weighted by Gasteiger charge is 2.54. The van der Waals surface area contributed by atoms with Gasteiger partial charge in [-0.3, -0.25) is 14.5 Å². The summed E-state index contributed by atoms with van der Waals surface area (Å²) in [5.74, 6) is -0.581. The fourth-order valence-corrected chi connectivity index (χ4v) is 4.62. The molecule has 2 aliphatic rings. The van der Waals surface area contributed by atoms with Gasteiger partial charge in [-0.1, -0.05) is 24.3 Å². The Morgan fingerprint density at radius 3 is 2.89 bits per heavy atom. The molecule has 1 atom stereocenters. The van der Waals surface area contributed by atoms with Crippen molar-refractivity contribution in [2.24, 2.45) is 0 Å². The number of carbonyl (C=O) groups is 3. The summed E-state index contributed by atoms with van der Waals surface area (Å²) in [6.07, 6.45) is 2.27. The van der Waals surface area contributed by atoms with Crippen molar-refractivity contribution in [3.05, 3.63) is 57.8 Å². The van der Waals surface area contributed by atoms with E-state index in [1.807, 2.05) is 41.1 Å². The smallest absolute Gasteiger partial charge is 0.325 e. The van der Waals surface area contributed by atoms with Crippen LogP contribution in [0.4, 0.5) is 4.79 Å². The number of amides is 4. The summed E-state index contributed by atoms with van der Waals surface area (Å²) in [5.41, 5.74) is 1.94. The van der Waals surface area contributed by atoms with Gasteiger partial charge in [0.15, 0.2) is 0 Å². The van der Waals surface area contributed by atoms with Gasteiger partial charge in [-0.2, -0.15) is 11.3 Å². The lowest BCUT2D eigenvalue weighted by molar-refractivity contribution is -0.139. The molecule has 7 heteroatoms. The van der Waals surface area contributed by atoms with Gasteiger partial charge in [0.1, 0.15) is 12.1 Å².